The third-order valence-corrected chi connectivity index (χ3v) is 5.73. The van der Waals surface area contributed by atoms with Crippen LogP contribution >= 0.6 is 23.2 Å². The molecule has 7 heteroatoms. The summed E-state index contributed by atoms with van der Waals surface area (Å²) in [5, 5.41) is 1.22. The van der Waals surface area contributed by atoms with Gasteiger partial charge in [0.2, 0.25) is 5.78 Å². The van der Waals surface area contributed by atoms with Gasteiger partial charge in [0.15, 0.2) is 12.6 Å². The Morgan fingerprint density at radius 1 is 1.06 bits per heavy atom. The summed E-state index contributed by atoms with van der Waals surface area (Å²) in [6, 6.07) is 14.4. The summed E-state index contributed by atoms with van der Waals surface area (Å²) in [5.74, 6) is 1.90. The van der Waals surface area contributed by atoms with Crippen molar-refractivity contribution in [1.82, 2.24) is 0 Å². The SMILES string of the molecule is Cc1cc(OCc2cc(Cl)cc3c2OCOC3)cc2c1C(=O)/C(=C/c1ccc(Cl)cc1)O2. The Balaban J connectivity index is 1.38. The average molecular weight is 469 g/mol. The summed E-state index contributed by atoms with van der Waals surface area (Å²) in [7, 11) is 0. The number of rotatable bonds is 4. The fraction of sp³-hybridized carbons (Fsp3) is 0.160. The number of hydrogen-bond donors (Lipinski definition) is 0. The molecule has 3 aromatic rings. The monoisotopic (exact) mass is 468 g/mol. The van der Waals surface area contributed by atoms with Crippen molar-refractivity contribution in [2.45, 2.75) is 20.1 Å². The van der Waals surface area contributed by atoms with Crippen molar-refractivity contribution in [2.75, 3.05) is 6.79 Å². The van der Waals surface area contributed by atoms with Crippen LogP contribution in [0.4, 0.5) is 0 Å². The molecule has 0 unspecified atom stereocenters. The van der Waals surface area contributed by atoms with Gasteiger partial charge in [0.05, 0.1) is 12.2 Å². The number of carbonyl (C=O) groups excluding carboxylic acids is 1. The lowest BCUT2D eigenvalue weighted by Gasteiger charge is -2.21. The molecular formula is C25H18Cl2O5. The number of allylic oxidation sites excluding steroid dienone is 1. The highest BCUT2D eigenvalue weighted by Gasteiger charge is 2.30. The van der Waals surface area contributed by atoms with E-state index in [9.17, 15) is 4.79 Å². The van der Waals surface area contributed by atoms with Crippen molar-refractivity contribution >= 4 is 35.1 Å². The molecule has 0 atom stereocenters. The van der Waals surface area contributed by atoms with Gasteiger partial charge in [-0.05, 0) is 54.5 Å². The molecular weight excluding hydrogens is 451 g/mol. The Hall–Kier alpha value is -2.99. The molecule has 0 bridgehead atoms. The summed E-state index contributed by atoms with van der Waals surface area (Å²) < 4.78 is 22.9. The van der Waals surface area contributed by atoms with E-state index in [2.05, 4.69) is 0 Å². The molecule has 3 aromatic carbocycles. The minimum atomic E-state index is -0.156. The molecule has 32 heavy (non-hydrogen) atoms. The van der Waals surface area contributed by atoms with E-state index < -0.39 is 0 Å². The molecule has 0 radical (unpaired) electrons. The number of fused-ring (bicyclic) bond motifs is 2. The fourth-order valence-electron chi connectivity index (χ4n) is 3.80. The Kier molecular flexibility index (Phi) is 5.55. The van der Waals surface area contributed by atoms with Crippen LogP contribution in [0, 0.1) is 6.92 Å². The zero-order chi connectivity index (χ0) is 22.2. The predicted octanol–water partition coefficient (Wildman–Crippen LogP) is 6.36. The molecule has 0 amide bonds. The van der Waals surface area contributed by atoms with Gasteiger partial charge in [0.1, 0.15) is 23.9 Å². The highest BCUT2D eigenvalue weighted by molar-refractivity contribution is 6.31. The first-order chi connectivity index (χ1) is 15.5. The second-order valence-corrected chi connectivity index (χ2v) is 8.43. The van der Waals surface area contributed by atoms with Gasteiger partial charge >= 0.3 is 0 Å². The van der Waals surface area contributed by atoms with Crippen molar-refractivity contribution in [3.63, 3.8) is 0 Å². The zero-order valence-electron chi connectivity index (χ0n) is 17.1. The summed E-state index contributed by atoms with van der Waals surface area (Å²) in [6.45, 7) is 2.75. The van der Waals surface area contributed by atoms with Crippen LogP contribution in [0.25, 0.3) is 6.08 Å². The van der Waals surface area contributed by atoms with E-state index in [-0.39, 0.29) is 24.9 Å². The molecule has 0 fully saturated rings. The van der Waals surface area contributed by atoms with E-state index in [0.717, 1.165) is 28.0 Å². The number of Topliss-reactive ketones (excluding diaryl/α,β-unsaturated/α-hetero) is 1. The highest BCUT2D eigenvalue weighted by Crippen LogP contribution is 2.38. The molecule has 0 spiro atoms. The Labute approximate surface area is 195 Å². The number of ether oxygens (including phenoxy) is 4. The molecule has 0 aliphatic carbocycles. The van der Waals surface area contributed by atoms with Crippen LogP contribution in [0.15, 0.2) is 54.3 Å². The standard InChI is InChI=1S/C25H18Cl2O5/c1-14-6-20(30-12-17-9-19(27)8-16-11-29-13-31-25(16)17)10-21-23(14)24(28)22(32-21)7-15-2-4-18(26)5-3-15/h2-10H,11-13H2,1H3/b22-7-. The summed E-state index contributed by atoms with van der Waals surface area (Å²) in [4.78, 5) is 12.9. The van der Waals surface area contributed by atoms with Crippen LogP contribution < -0.4 is 14.2 Å². The Bertz CT molecular complexity index is 1250. The van der Waals surface area contributed by atoms with Gasteiger partial charge in [0.25, 0.3) is 0 Å². The zero-order valence-corrected chi connectivity index (χ0v) is 18.6. The number of carbonyl (C=O) groups is 1. The van der Waals surface area contributed by atoms with Crippen molar-refractivity contribution in [3.05, 3.63) is 92.2 Å². The largest absolute Gasteiger partial charge is 0.489 e. The molecule has 162 valence electrons. The lowest BCUT2D eigenvalue weighted by atomic mass is 10.0. The first-order valence-corrected chi connectivity index (χ1v) is 10.7. The summed E-state index contributed by atoms with van der Waals surface area (Å²) in [6.07, 6.45) is 1.70. The van der Waals surface area contributed by atoms with E-state index in [0.29, 0.717) is 33.7 Å². The summed E-state index contributed by atoms with van der Waals surface area (Å²) in [5.41, 5.74) is 3.86. The quantitative estimate of drug-likeness (QED) is 0.416. The first-order valence-electron chi connectivity index (χ1n) is 9.97. The minimum Gasteiger partial charge on any atom is -0.489 e. The van der Waals surface area contributed by atoms with Crippen LogP contribution in [0.3, 0.4) is 0 Å². The second-order valence-electron chi connectivity index (χ2n) is 7.56. The molecule has 0 aromatic heterocycles. The smallest absolute Gasteiger partial charge is 0.232 e. The van der Waals surface area contributed by atoms with Crippen molar-refractivity contribution in [2.24, 2.45) is 0 Å². The topological polar surface area (TPSA) is 54.0 Å². The number of halogens is 2. The maximum absolute atomic E-state index is 12.9. The van der Waals surface area contributed by atoms with Crippen LogP contribution in [0.5, 0.6) is 17.2 Å². The minimum absolute atomic E-state index is 0.156. The maximum Gasteiger partial charge on any atom is 0.232 e. The summed E-state index contributed by atoms with van der Waals surface area (Å²) >= 11 is 12.2. The first kappa shape index (κ1) is 20.9. The molecule has 0 saturated carbocycles. The average Bonchev–Trinajstić information content (AvgIpc) is 3.09. The number of ketones is 1. The van der Waals surface area contributed by atoms with Crippen molar-refractivity contribution < 1.29 is 23.7 Å². The number of aryl methyl sites for hydroxylation is 1. The lowest BCUT2D eigenvalue weighted by molar-refractivity contribution is -0.0175. The van der Waals surface area contributed by atoms with E-state index in [4.69, 9.17) is 42.1 Å². The molecule has 5 rings (SSSR count). The Morgan fingerprint density at radius 3 is 2.69 bits per heavy atom. The second kappa shape index (κ2) is 8.51. The maximum atomic E-state index is 12.9. The van der Waals surface area contributed by atoms with Gasteiger partial charge in [-0.3, -0.25) is 4.79 Å². The Morgan fingerprint density at radius 2 is 1.88 bits per heavy atom. The molecule has 2 heterocycles. The van der Waals surface area contributed by atoms with Gasteiger partial charge in [-0.2, -0.15) is 0 Å². The van der Waals surface area contributed by atoms with E-state index in [1.165, 1.54) is 0 Å². The van der Waals surface area contributed by atoms with Crippen LogP contribution in [-0.2, 0) is 18.0 Å². The highest BCUT2D eigenvalue weighted by atomic mass is 35.5. The number of hydrogen-bond acceptors (Lipinski definition) is 5. The molecule has 5 nitrogen and oxygen atoms in total. The van der Waals surface area contributed by atoms with Gasteiger partial charge < -0.3 is 18.9 Å². The fourth-order valence-corrected chi connectivity index (χ4v) is 4.19. The molecule has 0 N–H and O–H groups in total. The van der Waals surface area contributed by atoms with Crippen LogP contribution in [0.2, 0.25) is 10.0 Å². The third-order valence-electron chi connectivity index (χ3n) is 5.26. The lowest BCUT2D eigenvalue weighted by Crippen LogP contribution is -2.14. The van der Waals surface area contributed by atoms with E-state index in [1.54, 1.807) is 24.3 Å². The third kappa shape index (κ3) is 4.07. The van der Waals surface area contributed by atoms with Gasteiger partial charge in [-0.15, -0.1) is 0 Å². The molecule has 2 aliphatic heterocycles. The van der Waals surface area contributed by atoms with E-state index >= 15 is 0 Å². The molecule has 0 saturated heterocycles. The number of benzene rings is 3. The van der Waals surface area contributed by atoms with E-state index in [1.807, 2.05) is 37.3 Å². The van der Waals surface area contributed by atoms with Gasteiger partial charge in [-0.1, -0.05) is 35.3 Å². The van der Waals surface area contributed by atoms with Gasteiger partial charge in [0, 0.05) is 27.2 Å². The molecule has 2 aliphatic rings. The van der Waals surface area contributed by atoms with Crippen LogP contribution in [0.1, 0.15) is 32.6 Å². The van der Waals surface area contributed by atoms with Crippen molar-refractivity contribution in [1.29, 1.82) is 0 Å². The normalized spacial score (nSPS) is 15.7. The predicted molar refractivity (Wildman–Crippen MR) is 122 cm³/mol. The van der Waals surface area contributed by atoms with Crippen molar-refractivity contribution in [3.8, 4) is 17.2 Å². The van der Waals surface area contributed by atoms with Gasteiger partial charge in [-0.25, -0.2) is 0 Å². The van der Waals surface area contributed by atoms with Crippen LogP contribution in [-0.4, -0.2) is 12.6 Å².